The molecule has 1 rings (SSSR count). The lowest BCUT2D eigenvalue weighted by molar-refractivity contribution is 0.394. The minimum absolute atomic E-state index is 0.133. The highest BCUT2D eigenvalue weighted by Gasteiger charge is 2.28. The molecule has 1 unspecified atom stereocenters. The van der Waals surface area contributed by atoms with Crippen molar-refractivity contribution in [1.82, 2.24) is 0 Å². The van der Waals surface area contributed by atoms with E-state index in [4.69, 9.17) is 9.88 Å². The molecule has 0 aliphatic carbocycles. The second kappa shape index (κ2) is 2.48. The van der Waals surface area contributed by atoms with E-state index < -0.39 is 15.3 Å². The summed E-state index contributed by atoms with van der Waals surface area (Å²) in [6.07, 6.45) is 0.659. The van der Waals surface area contributed by atoms with Crippen LogP contribution in [0.2, 0.25) is 0 Å². The summed E-state index contributed by atoms with van der Waals surface area (Å²) >= 11 is 0. The Bertz CT molecular complexity index is 207. The van der Waals surface area contributed by atoms with Gasteiger partial charge < -0.3 is 4.74 Å². The van der Waals surface area contributed by atoms with Crippen LogP contribution in [-0.2, 0) is 14.8 Å². The Morgan fingerprint density at radius 1 is 1.80 bits per heavy atom. The van der Waals surface area contributed by atoms with E-state index in [0.717, 1.165) is 0 Å². The molecule has 1 saturated heterocycles. The Labute approximate surface area is 60.4 Å². The maximum Gasteiger partial charge on any atom is 0.211 e. The Morgan fingerprint density at radius 3 is 2.60 bits per heavy atom. The Balaban J connectivity index is 2.40. The fraction of sp³-hybridized carbons (Fsp3) is 1.00. The summed E-state index contributed by atoms with van der Waals surface area (Å²) in [5.41, 5.74) is 0. The molecule has 1 aliphatic heterocycles. The molecule has 0 amide bonds. The molecule has 10 heavy (non-hydrogen) atoms. The third-order valence-corrected chi connectivity index (χ3v) is 2.87. The Morgan fingerprint density at radius 2 is 2.30 bits per heavy atom. The number of ether oxygens (including phenoxy) is 1. The van der Waals surface area contributed by atoms with Gasteiger partial charge in [0.05, 0.1) is 18.0 Å². The van der Waals surface area contributed by atoms with Crippen molar-refractivity contribution in [3.8, 4) is 0 Å². The highest BCUT2D eigenvalue weighted by Crippen LogP contribution is 2.17. The molecule has 4 nitrogen and oxygen atoms in total. The van der Waals surface area contributed by atoms with Gasteiger partial charge in [0.2, 0.25) is 10.0 Å². The molecule has 0 saturated carbocycles. The van der Waals surface area contributed by atoms with Gasteiger partial charge in [-0.3, -0.25) is 0 Å². The van der Waals surface area contributed by atoms with E-state index in [1.165, 1.54) is 0 Å². The minimum Gasteiger partial charge on any atom is -0.373 e. The molecule has 1 aliphatic rings. The number of hydrogen-bond acceptors (Lipinski definition) is 3. The van der Waals surface area contributed by atoms with E-state index in [2.05, 4.69) is 0 Å². The normalized spacial score (nSPS) is 28.0. The number of nitrogens with two attached hydrogens (primary N) is 1. The monoisotopic (exact) mass is 165 g/mol. The molecular formula is C5H11NO3S. The zero-order chi connectivity index (χ0) is 7.78. The number of rotatable bonds is 3. The van der Waals surface area contributed by atoms with Crippen LogP contribution in [0.15, 0.2) is 0 Å². The van der Waals surface area contributed by atoms with Crippen LogP contribution in [0.25, 0.3) is 0 Å². The van der Waals surface area contributed by atoms with E-state index in [1.807, 2.05) is 0 Å². The maximum absolute atomic E-state index is 10.6. The van der Waals surface area contributed by atoms with Gasteiger partial charge in [0, 0.05) is 0 Å². The maximum atomic E-state index is 10.6. The second-order valence-corrected chi connectivity index (χ2v) is 4.57. The fourth-order valence-corrected chi connectivity index (χ4v) is 1.19. The zero-order valence-electron chi connectivity index (χ0n) is 5.78. The van der Waals surface area contributed by atoms with Gasteiger partial charge in [-0.1, -0.05) is 0 Å². The van der Waals surface area contributed by atoms with Crippen molar-refractivity contribution < 1.29 is 13.2 Å². The minimum atomic E-state index is -3.34. The van der Waals surface area contributed by atoms with Crippen molar-refractivity contribution in [2.45, 2.75) is 24.7 Å². The van der Waals surface area contributed by atoms with Crippen LogP contribution in [0.1, 0.15) is 13.3 Å². The first-order valence-electron chi connectivity index (χ1n) is 3.13. The molecular weight excluding hydrogens is 154 g/mol. The highest BCUT2D eigenvalue weighted by molar-refractivity contribution is 7.89. The lowest BCUT2D eigenvalue weighted by atomic mass is 10.3. The van der Waals surface area contributed by atoms with E-state index in [1.54, 1.807) is 6.92 Å². The smallest absolute Gasteiger partial charge is 0.211 e. The first-order valence-corrected chi connectivity index (χ1v) is 4.74. The lowest BCUT2D eigenvalue weighted by Crippen LogP contribution is -2.26. The van der Waals surface area contributed by atoms with Gasteiger partial charge in [-0.05, 0) is 13.3 Å². The largest absolute Gasteiger partial charge is 0.373 e. The van der Waals surface area contributed by atoms with E-state index in [-0.39, 0.29) is 6.10 Å². The summed E-state index contributed by atoms with van der Waals surface area (Å²) in [5.74, 6) is 0. The number of sulfonamides is 1. The number of hydrogen-bond donors (Lipinski definition) is 1. The molecule has 0 aromatic heterocycles. The second-order valence-electron chi connectivity index (χ2n) is 2.59. The summed E-state index contributed by atoms with van der Waals surface area (Å²) in [6.45, 7) is 2.27. The average molecular weight is 165 g/mol. The molecule has 60 valence electrons. The van der Waals surface area contributed by atoms with Crippen molar-refractivity contribution >= 4 is 10.0 Å². The van der Waals surface area contributed by atoms with Gasteiger partial charge in [0.1, 0.15) is 0 Å². The predicted octanol–water partition coefficient (Wildman–Crippen LogP) is -0.548. The van der Waals surface area contributed by atoms with Crippen molar-refractivity contribution in [2.75, 3.05) is 6.61 Å². The van der Waals surface area contributed by atoms with Crippen LogP contribution in [0.3, 0.4) is 0 Å². The molecule has 2 N–H and O–H groups in total. The van der Waals surface area contributed by atoms with E-state index in [0.29, 0.717) is 13.0 Å². The van der Waals surface area contributed by atoms with Crippen molar-refractivity contribution in [3.05, 3.63) is 0 Å². The summed E-state index contributed by atoms with van der Waals surface area (Å²) in [7, 11) is -3.34. The number of epoxide rings is 1. The zero-order valence-corrected chi connectivity index (χ0v) is 6.60. The van der Waals surface area contributed by atoms with Gasteiger partial charge in [0.25, 0.3) is 0 Å². The molecule has 1 heterocycles. The van der Waals surface area contributed by atoms with Crippen molar-refractivity contribution in [3.63, 3.8) is 0 Å². The molecule has 1 fully saturated rings. The summed E-state index contributed by atoms with van der Waals surface area (Å²) in [4.78, 5) is 0. The van der Waals surface area contributed by atoms with Crippen LogP contribution in [0.5, 0.6) is 0 Å². The highest BCUT2D eigenvalue weighted by atomic mass is 32.2. The first-order chi connectivity index (χ1) is 4.50. The molecule has 0 bridgehead atoms. The Hall–Kier alpha value is -0.130. The van der Waals surface area contributed by atoms with Gasteiger partial charge in [-0.25, -0.2) is 13.6 Å². The molecule has 0 aromatic carbocycles. The SMILES string of the molecule is CC(C[C@H]1CO1)S(N)(=O)=O. The average Bonchev–Trinajstić information content (AvgIpc) is 2.47. The number of primary sulfonamides is 1. The standard InChI is InChI=1S/C5H11NO3S/c1-4(10(6,7)8)2-5-3-9-5/h4-5H,2-3H2,1H3,(H2,6,7,8)/t4?,5-/m0/s1. The van der Waals surface area contributed by atoms with Crippen LogP contribution in [-0.4, -0.2) is 26.4 Å². The van der Waals surface area contributed by atoms with Gasteiger partial charge in [-0.15, -0.1) is 0 Å². The Kier molecular flexibility index (Phi) is 1.98. The van der Waals surface area contributed by atoms with Crippen molar-refractivity contribution in [1.29, 1.82) is 0 Å². The third-order valence-electron chi connectivity index (χ3n) is 1.56. The van der Waals surface area contributed by atoms with Crippen LogP contribution >= 0.6 is 0 Å². The molecule has 0 aromatic rings. The molecule has 0 spiro atoms. The summed E-state index contributed by atoms with van der Waals surface area (Å²) in [6, 6.07) is 0. The first kappa shape index (κ1) is 7.97. The quantitative estimate of drug-likeness (QED) is 0.570. The van der Waals surface area contributed by atoms with Crippen LogP contribution < -0.4 is 5.14 Å². The van der Waals surface area contributed by atoms with Gasteiger partial charge >= 0.3 is 0 Å². The molecule has 2 atom stereocenters. The summed E-state index contributed by atoms with van der Waals surface area (Å²) in [5, 5.41) is 4.40. The third kappa shape index (κ3) is 2.24. The predicted molar refractivity (Wildman–Crippen MR) is 36.9 cm³/mol. The molecule has 0 radical (unpaired) electrons. The molecule has 5 heteroatoms. The van der Waals surface area contributed by atoms with Gasteiger partial charge in [-0.2, -0.15) is 0 Å². The van der Waals surface area contributed by atoms with Gasteiger partial charge in [0.15, 0.2) is 0 Å². The van der Waals surface area contributed by atoms with Crippen molar-refractivity contribution in [2.24, 2.45) is 5.14 Å². The van der Waals surface area contributed by atoms with Crippen LogP contribution in [0.4, 0.5) is 0 Å². The lowest BCUT2D eigenvalue weighted by Gasteiger charge is -2.04. The fourth-order valence-electron chi connectivity index (χ4n) is 0.708. The summed E-state index contributed by atoms with van der Waals surface area (Å²) < 4.78 is 26.1. The van der Waals surface area contributed by atoms with E-state index >= 15 is 0 Å². The van der Waals surface area contributed by atoms with E-state index in [9.17, 15) is 8.42 Å². The van der Waals surface area contributed by atoms with Crippen LogP contribution in [0, 0.1) is 0 Å². The topological polar surface area (TPSA) is 72.7 Å².